The number of H-pyrrole nitrogens is 1. The molecule has 0 spiro atoms. The van der Waals surface area contributed by atoms with Gasteiger partial charge < -0.3 is 11.1 Å². The average Bonchev–Trinajstić information content (AvgIpc) is 2.95. The summed E-state index contributed by atoms with van der Waals surface area (Å²) in [7, 11) is 0. The first kappa shape index (κ1) is 16.7. The fourth-order valence-corrected chi connectivity index (χ4v) is 2.32. The monoisotopic (exact) mass is 355 g/mol. The Morgan fingerprint density at radius 3 is 2.32 bits per heavy atom. The Hall–Kier alpha value is -3.17. The summed E-state index contributed by atoms with van der Waals surface area (Å²) in [5, 5.41) is 7.91. The lowest BCUT2D eigenvalue weighted by molar-refractivity contribution is -0.139. The number of nitrogens with one attached hydrogen (secondary N) is 2. The maximum Gasteiger partial charge on any atom is 0.420 e. The number of hydrogen-bond donors (Lipinski definition) is 3. The second-order valence-electron chi connectivity index (χ2n) is 5.00. The number of aromatic nitrogens is 3. The van der Waals surface area contributed by atoms with E-state index in [1.165, 1.54) is 24.3 Å². The minimum absolute atomic E-state index is 0.0973. The summed E-state index contributed by atoms with van der Waals surface area (Å²) in [6.07, 6.45) is -5.12. The number of anilines is 3. The Morgan fingerprint density at radius 1 is 1.08 bits per heavy atom. The second-order valence-corrected chi connectivity index (χ2v) is 5.00. The summed E-state index contributed by atoms with van der Waals surface area (Å²) in [6, 6.07) is 7.53. The molecule has 5 nitrogen and oxygen atoms in total. The van der Waals surface area contributed by atoms with Crippen LogP contribution in [0.2, 0.25) is 0 Å². The number of halogens is 5. The van der Waals surface area contributed by atoms with Crippen LogP contribution in [0.4, 0.5) is 39.5 Å². The van der Waals surface area contributed by atoms with Gasteiger partial charge in [0.1, 0.15) is 11.4 Å². The Kier molecular flexibility index (Phi) is 4.03. The lowest BCUT2D eigenvalue weighted by Crippen LogP contribution is -2.14. The predicted octanol–water partition coefficient (Wildman–Crippen LogP) is 4.09. The zero-order chi connectivity index (χ0) is 18.2. The van der Waals surface area contributed by atoms with Gasteiger partial charge in [0.15, 0.2) is 5.82 Å². The van der Waals surface area contributed by atoms with E-state index in [9.17, 15) is 22.0 Å². The largest absolute Gasteiger partial charge is 0.420 e. The number of nitrogens with zero attached hydrogens (tertiary/aromatic N) is 2. The van der Waals surface area contributed by atoms with Gasteiger partial charge in [0.25, 0.3) is 0 Å². The molecule has 0 aliphatic carbocycles. The van der Waals surface area contributed by atoms with Crippen LogP contribution >= 0.6 is 0 Å². The fraction of sp³-hybridized carbons (Fsp3) is 0.0667. The Bertz CT molecular complexity index is 905. The lowest BCUT2D eigenvalue weighted by Gasteiger charge is -2.17. The highest BCUT2D eigenvalue weighted by Crippen LogP contribution is 2.43. The van der Waals surface area contributed by atoms with Gasteiger partial charge in [-0.2, -0.15) is 18.2 Å². The van der Waals surface area contributed by atoms with Crippen molar-refractivity contribution >= 4 is 17.6 Å². The van der Waals surface area contributed by atoms with Crippen LogP contribution < -0.4 is 11.1 Å². The Morgan fingerprint density at radius 2 is 1.76 bits per heavy atom. The average molecular weight is 355 g/mol. The lowest BCUT2D eigenvalue weighted by atomic mass is 9.97. The third-order valence-electron chi connectivity index (χ3n) is 3.31. The summed E-state index contributed by atoms with van der Waals surface area (Å²) in [5.41, 5.74) is 1.84. The van der Waals surface area contributed by atoms with Gasteiger partial charge in [-0.25, -0.2) is 13.9 Å². The van der Waals surface area contributed by atoms with E-state index in [1.807, 2.05) is 0 Å². The number of nitrogen functional groups attached to an aromatic ring is 1. The molecule has 130 valence electrons. The molecular weight excluding hydrogens is 345 g/mol. The topological polar surface area (TPSA) is 79.6 Å². The summed E-state index contributed by atoms with van der Waals surface area (Å²) in [5.74, 6) is -3.35. The maximum atomic E-state index is 14.5. The molecule has 0 amide bonds. The zero-order valence-corrected chi connectivity index (χ0v) is 12.3. The molecule has 0 aliphatic heterocycles. The van der Waals surface area contributed by atoms with Crippen molar-refractivity contribution < 1.29 is 22.0 Å². The van der Waals surface area contributed by atoms with Gasteiger partial charge >= 0.3 is 6.18 Å². The van der Waals surface area contributed by atoms with E-state index in [0.29, 0.717) is 6.07 Å². The molecule has 2 aromatic carbocycles. The van der Waals surface area contributed by atoms with Gasteiger partial charge in [-0.3, -0.25) is 0 Å². The molecule has 1 heterocycles. The molecule has 0 radical (unpaired) electrons. The molecule has 0 saturated carbocycles. The number of nitrogens with two attached hydrogens (primary N) is 1. The van der Waals surface area contributed by atoms with Gasteiger partial charge in [0.2, 0.25) is 11.9 Å². The summed E-state index contributed by atoms with van der Waals surface area (Å²) < 4.78 is 69.2. The van der Waals surface area contributed by atoms with Gasteiger partial charge in [-0.15, -0.1) is 5.10 Å². The number of rotatable bonds is 3. The zero-order valence-electron chi connectivity index (χ0n) is 12.3. The van der Waals surface area contributed by atoms with Crippen LogP contribution in [0.25, 0.3) is 11.1 Å². The van der Waals surface area contributed by atoms with E-state index in [1.54, 1.807) is 6.07 Å². The number of aromatic amines is 1. The summed E-state index contributed by atoms with van der Waals surface area (Å²) in [4.78, 5) is 3.58. The number of alkyl halides is 3. The Labute approximate surface area is 137 Å². The quantitative estimate of drug-likeness (QED) is 0.618. The van der Waals surface area contributed by atoms with Crippen LogP contribution in [0.1, 0.15) is 5.56 Å². The van der Waals surface area contributed by atoms with Crippen molar-refractivity contribution in [3.8, 4) is 11.1 Å². The molecule has 0 unspecified atom stereocenters. The molecule has 3 rings (SSSR count). The third-order valence-corrected chi connectivity index (χ3v) is 3.31. The Balaban J connectivity index is 2.20. The van der Waals surface area contributed by atoms with Crippen molar-refractivity contribution in [2.75, 3.05) is 11.1 Å². The minimum atomic E-state index is -5.12. The third kappa shape index (κ3) is 3.23. The van der Waals surface area contributed by atoms with Crippen LogP contribution in [-0.4, -0.2) is 15.2 Å². The van der Waals surface area contributed by atoms with Crippen molar-refractivity contribution in [2.24, 2.45) is 0 Å². The molecule has 25 heavy (non-hydrogen) atoms. The van der Waals surface area contributed by atoms with E-state index < -0.39 is 34.6 Å². The first-order valence-corrected chi connectivity index (χ1v) is 6.87. The molecule has 4 N–H and O–H groups in total. The van der Waals surface area contributed by atoms with E-state index in [2.05, 4.69) is 20.5 Å². The predicted molar refractivity (Wildman–Crippen MR) is 80.9 cm³/mol. The highest BCUT2D eigenvalue weighted by Gasteiger charge is 2.40. The molecule has 1 aromatic heterocycles. The van der Waals surface area contributed by atoms with Crippen molar-refractivity contribution in [1.29, 1.82) is 0 Å². The first-order chi connectivity index (χ1) is 11.8. The highest BCUT2D eigenvalue weighted by atomic mass is 19.4. The van der Waals surface area contributed by atoms with Crippen LogP contribution in [0.5, 0.6) is 0 Å². The van der Waals surface area contributed by atoms with Gasteiger partial charge in [0.05, 0.1) is 5.69 Å². The molecule has 0 saturated heterocycles. The molecular formula is C15H10F5N5. The molecule has 10 heteroatoms. The van der Waals surface area contributed by atoms with Crippen LogP contribution in [0.3, 0.4) is 0 Å². The van der Waals surface area contributed by atoms with Gasteiger partial charge in [0, 0.05) is 11.6 Å². The molecule has 0 fully saturated rings. The molecule has 0 aliphatic rings. The van der Waals surface area contributed by atoms with E-state index in [-0.39, 0.29) is 17.5 Å². The standard InChI is InChI=1S/C15H10F5N5/c16-8-6-9(22-14-23-13(21)24-25-14)12(17)11(15(18,19)20)10(8)7-4-2-1-3-5-7/h1-6H,(H4,21,22,23,24,25). The van der Waals surface area contributed by atoms with Crippen molar-refractivity contribution in [3.63, 3.8) is 0 Å². The molecule has 3 aromatic rings. The van der Waals surface area contributed by atoms with Crippen molar-refractivity contribution in [2.45, 2.75) is 6.18 Å². The molecule has 0 bridgehead atoms. The first-order valence-electron chi connectivity index (χ1n) is 6.87. The summed E-state index contributed by atoms with van der Waals surface area (Å²) in [6.45, 7) is 0. The molecule has 0 atom stereocenters. The fourth-order valence-electron chi connectivity index (χ4n) is 2.32. The maximum absolute atomic E-state index is 14.5. The van der Waals surface area contributed by atoms with Crippen LogP contribution in [0, 0.1) is 11.6 Å². The second kappa shape index (κ2) is 6.04. The van der Waals surface area contributed by atoms with Crippen molar-refractivity contribution in [3.05, 3.63) is 53.6 Å². The summed E-state index contributed by atoms with van der Waals surface area (Å²) >= 11 is 0. The van der Waals surface area contributed by atoms with Gasteiger partial charge in [-0.05, 0) is 5.56 Å². The van der Waals surface area contributed by atoms with Crippen LogP contribution in [-0.2, 0) is 6.18 Å². The normalized spacial score (nSPS) is 11.6. The van der Waals surface area contributed by atoms with E-state index >= 15 is 0 Å². The van der Waals surface area contributed by atoms with E-state index in [4.69, 9.17) is 5.73 Å². The SMILES string of the molecule is Nc1nc(Nc2cc(F)c(-c3ccccc3)c(C(F)(F)F)c2F)n[nH]1. The van der Waals surface area contributed by atoms with Gasteiger partial charge in [-0.1, -0.05) is 30.3 Å². The minimum Gasteiger partial charge on any atom is -0.368 e. The van der Waals surface area contributed by atoms with E-state index in [0.717, 1.165) is 0 Å². The van der Waals surface area contributed by atoms with Crippen LogP contribution in [0.15, 0.2) is 36.4 Å². The highest BCUT2D eigenvalue weighted by molar-refractivity contribution is 5.73. The number of hydrogen-bond acceptors (Lipinski definition) is 4. The van der Waals surface area contributed by atoms with Crippen molar-refractivity contribution in [1.82, 2.24) is 15.2 Å². The smallest absolute Gasteiger partial charge is 0.368 e. The number of benzene rings is 2.